The molecule has 3 heteroatoms. The second kappa shape index (κ2) is 8.13. The van der Waals surface area contributed by atoms with Crippen LogP contribution in [0.1, 0.15) is 27.2 Å². The van der Waals surface area contributed by atoms with Gasteiger partial charge in [0.15, 0.2) is 0 Å². The SMILES string of the molecule is CC(C)CNCC(C)CN(C)CC1CCN(C)C1. The predicted molar refractivity (Wildman–Crippen MR) is 80.0 cm³/mol. The summed E-state index contributed by atoms with van der Waals surface area (Å²) in [7, 11) is 4.51. The van der Waals surface area contributed by atoms with Crippen LogP contribution in [0.5, 0.6) is 0 Å². The highest BCUT2D eigenvalue weighted by Gasteiger charge is 2.21. The summed E-state index contributed by atoms with van der Waals surface area (Å²) < 4.78 is 0. The first kappa shape index (κ1) is 15.9. The Bertz CT molecular complexity index is 218. The van der Waals surface area contributed by atoms with Gasteiger partial charge in [-0.1, -0.05) is 20.8 Å². The van der Waals surface area contributed by atoms with Crippen molar-refractivity contribution < 1.29 is 0 Å². The van der Waals surface area contributed by atoms with Gasteiger partial charge in [0.1, 0.15) is 0 Å². The van der Waals surface area contributed by atoms with E-state index in [2.05, 4.69) is 50.0 Å². The predicted octanol–water partition coefficient (Wildman–Crippen LogP) is 1.75. The van der Waals surface area contributed by atoms with Crippen LogP contribution in [0.15, 0.2) is 0 Å². The minimum absolute atomic E-state index is 0.743. The van der Waals surface area contributed by atoms with E-state index in [9.17, 15) is 0 Å². The summed E-state index contributed by atoms with van der Waals surface area (Å²) in [6, 6.07) is 0. The van der Waals surface area contributed by atoms with Gasteiger partial charge in [-0.25, -0.2) is 0 Å². The summed E-state index contributed by atoms with van der Waals surface area (Å²) in [4.78, 5) is 4.97. The number of hydrogen-bond donors (Lipinski definition) is 1. The summed E-state index contributed by atoms with van der Waals surface area (Å²) in [5.41, 5.74) is 0. The minimum Gasteiger partial charge on any atom is -0.316 e. The van der Waals surface area contributed by atoms with Gasteiger partial charge < -0.3 is 15.1 Å². The first-order chi connectivity index (χ1) is 8.47. The number of nitrogens with one attached hydrogen (secondary N) is 1. The van der Waals surface area contributed by atoms with Gasteiger partial charge in [-0.3, -0.25) is 0 Å². The van der Waals surface area contributed by atoms with Crippen molar-refractivity contribution in [3.63, 3.8) is 0 Å². The van der Waals surface area contributed by atoms with Crippen LogP contribution in [0.25, 0.3) is 0 Å². The zero-order valence-electron chi connectivity index (χ0n) is 13.1. The van der Waals surface area contributed by atoms with Gasteiger partial charge >= 0.3 is 0 Å². The van der Waals surface area contributed by atoms with Crippen LogP contribution in [0.4, 0.5) is 0 Å². The number of nitrogens with zero attached hydrogens (tertiary/aromatic N) is 2. The summed E-state index contributed by atoms with van der Waals surface area (Å²) >= 11 is 0. The molecule has 1 heterocycles. The minimum atomic E-state index is 0.743. The van der Waals surface area contributed by atoms with Crippen LogP contribution >= 0.6 is 0 Å². The Morgan fingerprint density at radius 2 is 2.00 bits per heavy atom. The van der Waals surface area contributed by atoms with Gasteiger partial charge in [0.25, 0.3) is 0 Å². The number of rotatable bonds is 8. The molecule has 3 nitrogen and oxygen atoms in total. The molecule has 2 atom stereocenters. The fourth-order valence-corrected chi connectivity index (χ4v) is 2.91. The van der Waals surface area contributed by atoms with Crippen molar-refractivity contribution in [3.8, 4) is 0 Å². The highest BCUT2D eigenvalue weighted by Crippen LogP contribution is 2.15. The Labute approximate surface area is 114 Å². The molecule has 2 unspecified atom stereocenters. The lowest BCUT2D eigenvalue weighted by Gasteiger charge is -2.24. The molecule has 0 bridgehead atoms. The first-order valence-corrected chi connectivity index (χ1v) is 7.55. The molecule has 0 radical (unpaired) electrons. The Morgan fingerprint density at radius 1 is 1.28 bits per heavy atom. The lowest BCUT2D eigenvalue weighted by molar-refractivity contribution is 0.239. The largest absolute Gasteiger partial charge is 0.316 e. The zero-order valence-corrected chi connectivity index (χ0v) is 13.1. The maximum absolute atomic E-state index is 3.56. The van der Waals surface area contributed by atoms with Gasteiger partial charge in [-0.2, -0.15) is 0 Å². The molecule has 0 aromatic heterocycles. The second-order valence-electron chi connectivity index (χ2n) is 6.80. The zero-order chi connectivity index (χ0) is 13.5. The molecule has 1 aliphatic rings. The molecule has 1 N–H and O–H groups in total. The molecule has 18 heavy (non-hydrogen) atoms. The van der Waals surface area contributed by atoms with Gasteiger partial charge in [0.2, 0.25) is 0 Å². The quantitative estimate of drug-likeness (QED) is 0.713. The van der Waals surface area contributed by atoms with Crippen LogP contribution in [0.2, 0.25) is 0 Å². The molecule has 0 aliphatic carbocycles. The number of likely N-dealkylation sites (tertiary alicyclic amines) is 1. The topological polar surface area (TPSA) is 18.5 Å². The third kappa shape index (κ3) is 6.72. The fraction of sp³-hybridized carbons (Fsp3) is 1.00. The molecule has 0 amide bonds. The van der Waals surface area contributed by atoms with Crippen molar-refractivity contribution >= 4 is 0 Å². The van der Waals surface area contributed by atoms with Gasteiger partial charge in [0, 0.05) is 19.6 Å². The maximum atomic E-state index is 3.56. The van der Waals surface area contributed by atoms with Gasteiger partial charge in [-0.05, 0) is 57.9 Å². The molecule has 108 valence electrons. The van der Waals surface area contributed by atoms with Crippen molar-refractivity contribution in [2.45, 2.75) is 27.2 Å². The average Bonchev–Trinajstić information content (AvgIpc) is 2.62. The van der Waals surface area contributed by atoms with E-state index in [1.807, 2.05) is 0 Å². The van der Waals surface area contributed by atoms with E-state index >= 15 is 0 Å². The molecule has 0 saturated carbocycles. The number of hydrogen-bond acceptors (Lipinski definition) is 3. The van der Waals surface area contributed by atoms with E-state index in [0.29, 0.717) is 0 Å². The third-order valence-electron chi connectivity index (χ3n) is 3.73. The van der Waals surface area contributed by atoms with Crippen LogP contribution in [0.3, 0.4) is 0 Å². The summed E-state index contributed by atoms with van der Waals surface area (Å²) in [6.45, 7) is 14.2. The Kier molecular flexibility index (Phi) is 7.20. The van der Waals surface area contributed by atoms with E-state index in [4.69, 9.17) is 0 Å². The fourth-order valence-electron chi connectivity index (χ4n) is 2.91. The van der Waals surface area contributed by atoms with E-state index in [1.54, 1.807) is 0 Å². The van der Waals surface area contributed by atoms with Crippen molar-refractivity contribution in [2.75, 3.05) is 53.4 Å². The molecule has 0 spiro atoms. The van der Waals surface area contributed by atoms with Crippen LogP contribution in [-0.4, -0.2) is 63.2 Å². The van der Waals surface area contributed by atoms with E-state index in [1.165, 1.54) is 32.6 Å². The summed E-state index contributed by atoms with van der Waals surface area (Å²) in [5, 5.41) is 3.56. The molecule has 1 aliphatic heterocycles. The summed E-state index contributed by atoms with van der Waals surface area (Å²) in [6.07, 6.45) is 1.38. The van der Waals surface area contributed by atoms with Crippen LogP contribution < -0.4 is 5.32 Å². The first-order valence-electron chi connectivity index (χ1n) is 7.55. The van der Waals surface area contributed by atoms with E-state index < -0.39 is 0 Å². The van der Waals surface area contributed by atoms with Crippen molar-refractivity contribution in [1.82, 2.24) is 15.1 Å². The second-order valence-corrected chi connectivity index (χ2v) is 6.80. The molecule has 1 rings (SSSR count). The molecule has 1 saturated heterocycles. The van der Waals surface area contributed by atoms with Crippen LogP contribution in [-0.2, 0) is 0 Å². The molecular weight excluding hydrogens is 222 g/mol. The maximum Gasteiger partial charge on any atom is 0.00194 e. The lowest BCUT2D eigenvalue weighted by atomic mass is 10.1. The molecule has 0 aromatic rings. The monoisotopic (exact) mass is 255 g/mol. The Hall–Kier alpha value is -0.120. The van der Waals surface area contributed by atoms with Crippen molar-refractivity contribution in [2.24, 2.45) is 17.8 Å². The molecule has 1 fully saturated rings. The van der Waals surface area contributed by atoms with Gasteiger partial charge in [-0.15, -0.1) is 0 Å². The Morgan fingerprint density at radius 3 is 2.56 bits per heavy atom. The highest BCUT2D eigenvalue weighted by atomic mass is 15.1. The van der Waals surface area contributed by atoms with Gasteiger partial charge in [0.05, 0.1) is 0 Å². The lowest BCUT2D eigenvalue weighted by Crippen LogP contribution is -2.35. The smallest absolute Gasteiger partial charge is 0.00194 e. The summed E-state index contributed by atoms with van der Waals surface area (Å²) in [5.74, 6) is 2.38. The average molecular weight is 255 g/mol. The van der Waals surface area contributed by atoms with Crippen molar-refractivity contribution in [1.29, 1.82) is 0 Å². The molecular formula is C15H33N3. The van der Waals surface area contributed by atoms with E-state index in [-0.39, 0.29) is 0 Å². The van der Waals surface area contributed by atoms with E-state index in [0.717, 1.165) is 30.8 Å². The Balaban J connectivity index is 2.09. The van der Waals surface area contributed by atoms with Crippen LogP contribution in [0, 0.1) is 17.8 Å². The molecule has 0 aromatic carbocycles. The normalized spacial score (nSPS) is 23.2. The third-order valence-corrected chi connectivity index (χ3v) is 3.73. The standard InChI is InChI=1S/C15H33N3/c1-13(2)8-16-9-14(3)10-18(5)12-15-6-7-17(4)11-15/h13-16H,6-12H2,1-5H3. The van der Waals surface area contributed by atoms with Crippen molar-refractivity contribution in [3.05, 3.63) is 0 Å². The highest BCUT2D eigenvalue weighted by molar-refractivity contribution is 4.76.